The van der Waals surface area contributed by atoms with Crippen LogP contribution in [-0.2, 0) is 16.6 Å². The fourth-order valence-corrected chi connectivity index (χ4v) is 3.37. The summed E-state index contributed by atoms with van der Waals surface area (Å²) < 4.78 is 70.2. The smallest absolute Gasteiger partial charge is 0.406 e. The van der Waals surface area contributed by atoms with Crippen LogP contribution < -0.4 is 9.88 Å². The van der Waals surface area contributed by atoms with Crippen molar-refractivity contribution < 1.29 is 30.8 Å². The first kappa shape index (κ1) is 22.4. The van der Waals surface area contributed by atoms with Crippen molar-refractivity contribution in [1.82, 2.24) is 24.9 Å². The van der Waals surface area contributed by atoms with Crippen LogP contribution in [0.4, 0.5) is 13.2 Å². The van der Waals surface area contributed by atoms with Crippen molar-refractivity contribution in [2.45, 2.75) is 24.7 Å². The topological polar surface area (TPSA) is 139 Å². The molecule has 0 bridgehead atoms. The van der Waals surface area contributed by atoms with Crippen molar-refractivity contribution in [1.29, 1.82) is 0 Å². The van der Waals surface area contributed by atoms with E-state index in [1.54, 1.807) is 23.7 Å². The molecule has 2 aromatic heterocycles. The third-order valence-electron chi connectivity index (χ3n) is 4.40. The number of nitrogens with two attached hydrogens (primary N) is 1. The second-order valence-corrected chi connectivity index (χ2v) is 8.39. The molecule has 0 amide bonds. The quantitative estimate of drug-likeness (QED) is 0.444. The van der Waals surface area contributed by atoms with E-state index in [1.165, 1.54) is 24.3 Å². The molecule has 14 heteroatoms. The van der Waals surface area contributed by atoms with Gasteiger partial charge in [0.15, 0.2) is 0 Å². The number of alkyl halides is 3. The van der Waals surface area contributed by atoms with Crippen LogP contribution in [-0.4, -0.2) is 39.7 Å². The molecular formula is C19H15F3N6O4S. The van der Waals surface area contributed by atoms with Crippen molar-refractivity contribution in [3.63, 3.8) is 0 Å². The first-order valence-corrected chi connectivity index (χ1v) is 10.8. The average molecular weight is 480 g/mol. The van der Waals surface area contributed by atoms with Crippen LogP contribution >= 0.6 is 0 Å². The number of nitrogens with zero attached hydrogens (tertiary/aromatic N) is 5. The average Bonchev–Trinajstić information content (AvgIpc) is 3.35. The van der Waals surface area contributed by atoms with Crippen molar-refractivity contribution in [2.75, 3.05) is 0 Å². The van der Waals surface area contributed by atoms with Gasteiger partial charge in [0, 0.05) is 5.56 Å². The molecule has 0 aliphatic heterocycles. The van der Waals surface area contributed by atoms with Crippen LogP contribution in [0.1, 0.15) is 11.4 Å². The number of benzene rings is 2. The summed E-state index contributed by atoms with van der Waals surface area (Å²) in [6.45, 7) is 2.01. The zero-order valence-corrected chi connectivity index (χ0v) is 17.6. The fourth-order valence-electron chi connectivity index (χ4n) is 2.86. The number of sulfonamides is 1. The molecule has 4 rings (SSSR count). The number of hydrogen-bond acceptors (Lipinski definition) is 8. The Kier molecular flexibility index (Phi) is 5.63. The highest BCUT2D eigenvalue weighted by Crippen LogP contribution is 2.26. The van der Waals surface area contributed by atoms with Gasteiger partial charge in [-0.3, -0.25) is 0 Å². The molecule has 0 atom stereocenters. The minimum Gasteiger partial charge on any atom is -0.406 e. The molecule has 33 heavy (non-hydrogen) atoms. The lowest BCUT2D eigenvalue weighted by Gasteiger charge is -2.08. The molecule has 0 saturated heterocycles. The van der Waals surface area contributed by atoms with Gasteiger partial charge in [-0.05, 0) is 48.9 Å². The van der Waals surface area contributed by atoms with Crippen molar-refractivity contribution >= 4 is 10.0 Å². The van der Waals surface area contributed by atoms with Gasteiger partial charge in [-0.2, -0.15) is 4.98 Å². The highest BCUT2D eigenvalue weighted by atomic mass is 32.2. The SMILES string of the molecule is Cc1nc(-c2nc(-c3ccc(OC(F)(F)F)cc3)no2)nn1Cc1ccc(S(N)(=O)=O)cc1. The van der Waals surface area contributed by atoms with Gasteiger partial charge in [-0.15, -0.1) is 18.3 Å². The van der Waals surface area contributed by atoms with E-state index in [1.807, 2.05) is 0 Å². The fraction of sp³-hybridized carbons (Fsp3) is 0.158. The van der Waals surface area contributed by atoms with Gasteiger partial charge in [0.05, 0.1) is 11.4 Å². The molecule has 10 nitrogen and oxygen atoms in total. The Hall–Kier alpha value is -3.78. The Bertz CT molecular complexity index is 1380. The third kappa shape index (κ3) is 5.35. The summed E-state index contributed by atoms with van der Waals surface area (Å²) in [5.41, 5.74) is 1.17. The van der Waals surface area contributed by atoms with Gasteiger partial charge in [0.2, 0.25) is 21.7 Å². The highest BCUT2D eigenvalue weighted by Gasteiger charge is 2.31. The zero-order chi connectivity index (χ0) is 23.8. The number of aromatic nitrogens is 5. The second kappa shape index (κ2) is 8.29. The summed E-state index contributed by atoms with van der Waals surface area (Å²) in [5.74, 6) is 0.477. The normalized spacial score (nSPS) is 12.2. The highest BCUT2D eigenvalue weighted by molar-refractivity contribution is 7.89. The van der Waals surface area contributed by atoms with Crippen LogP contribution in [0.25, 0.3) is 23.1 Å². The maximum atomic E-state index is 12.3. The zero-order valence-electron chi connectivity index (χ0n) is 16.8. The standard InChI is InChI=1S/C19H15F3N6O4S/c1-11-24-17(26-28(11)10-12-2-8-15(9-3-12)33(23,29)30)18-25-16(27-32-18)13-4-6-14(7-5-13)31-19(20,21)22/h2-9H,10H2,1H3,(H2,23,29,30). The van der Waals surface area contributed by atoms with E-state index in [9.17, 15) is 21.6 Å². The molecule has 172 valence electrons. The number of ether oxygens (including phenoxy) is 1. The van der Waals surface area contributed by atoms with Crippen molar-refractivity contribution in [3.8, 4) is 28.9 Å². The number of hydrogen-bond donors (Lipinski definition) is 1. The maximum Gasteiger partial charge on any atom is 0.573 e. The number of rotatable bonds is 6. The Morgan fingerprint density at radius 1 is 1.03 bits per heavy atom. The summed E-state index contributed by atoms with van der Waals surface area (Å²) in [5, 5.41) is 13.2. The molecule has 0 aliphatic rings. The van der Waals surface area contributed by atoms with Gasteiger partial charge in [-0.25, -0.2) is 23.2 Å². The van der Waals surface area contributed by atoms with E-state index in [2.05, 4.69) is 25.0 Å². The van der Waals surface area contributed by atoms with E-state index < -0.39 is 16.4 Å². The summed E-state index contributed by atoms with van der Waals surface area (Å²) in [7, 11) is -3.78. The molecule has 0 unspecified atom stereocenters. The Morgan fingerprint density at radius 2 is 1.70 bits per heavy atom. The van der Waals surface area contributed by atoms with Crippen molar-refractivity contribution in [3.05, 3.63) is 59.9 Å². The molecule has 2 heterocycles. The largest absolute Gasteiger partial charge is 0.573 e. The monoisotopic (exact) mass is 480 g/mol. The minimum absolute atomic E-state index is 0.00126. The van der Waals surface area contributed by atoms with Gasteiger partial charge >= 0.3 is 6.36 Å². The molecule has 0 aliphatic carbocycles. The molecule has 2 N–H and O–H groups in total. The lowest BCUT2D eigenvalue weighted by Crippen LogP contribution is -2.16. The molecule has 0 saturated carbocycles. The van der Waals surface area contributed by atoms with Crippen LogP contribution in [0.5, 0.6) is 5.75 Å². The van der Waals surface area contributed by atoms with E-state index in [0.29, 0.717) is 17.9 Å². The predicted molar refractivity (Wildman–Crippen MR) is 107 cm³/mol. The molecule has 2 aromatic carbocycles. The predicted octanol–water partition coefficient (Wildman–Crippen LogP) is 2.90. The minimum atomic E-state index is -4.78. The second-order valence-electron chi connectivity index (χ2n) is 6.82. The van der Waals surface area contributed by atoms with E-state index in [0.717, 1.165) is 17.7 Å². The van der Waals surface area contributed by atoms with Gasteiger partial charge < -0.3 is 9.26 Å². The van der Waals surface area contributed by atoms with Crippen LogP contribution in [0, 0.1) is 6.92 Å². The Morgan fingerprint density at radius 3 is 2.30 bits per heavy atom. The summed E-state index contributed by atoms with van der Waals surface area (Å²) in [6.07, 6.45) is -4.78. The number of halogens is 3. The molecule has 0 radical (unpaired) electrons. The maximum absolute atomic E-state index is 12.3. The number of aryl methyl sites for hydroxylation is 1. The van der Waals surface area contributed by atoms with Crippen LogP contribution in [0.15, 0.2) is 57.9 Å². The van der Waals surface area contributed by atoms with E-state index >= 15 is 0 Å². The molecule has 0 spiro atoms. The molecular weight excluding hydrogens is 465 g/mol. The summed E-state index contributed by atoms with van der Waals surface area (Å²) in [6, 6.07) is 11.0. The van der Waals surface area contributed by atoms with E-state index in [-0.39, 0.29) is 28.2 Å². The molecule has 0 fully saturated rings. The van der Waals surface area contributed by atoms with Crippen LogP contribution in [0.3, 0.4) is 0 Å². The van der Waals surface area contributed by atoms with Crippen LogP contribution in [0.2, 0.25) is 0 Å². The summed E-state index contributed by atoms with van der Waals surface area (Å²) >= 11 is 0. The van der Waals surface area contributed by atoms with E-state index in [4.69, 9.17) is 9.66 Å². The number of primary sulfonamides is 1. The van der Waals surface area contributed by atoms with Crippen molar-refractivity contribution in [2.24, 2.45) is 5.14 Å². The molecule has 4 aromatic rings. The van der Waals surface area contributed by atoms with Gasteiger partial charge in [0.25, 0.3) is 5.89 Å². The third-order valence-corrected chi connectivity index (χ3v) is 5.33. The first-order chi connectivity index (χ1) is 15.5. The first-order valence-electron chi connectivity index (χ1n) is 9.21. The van der Waals surface area contributed by atoms with Gasteiger partial charge in [-0.1, -0.05) is 17.3 Å². The Balaban J connectivity index is 1.51. The lowest BCUT2D eigenvalue weighted by atomic mass is 10.2. The Labute approximate surface area is 184 Å². The van der Waals surface area contributed by atoms with Gasteiger partial charge in [0.1, 0.15) is 11.6 Å². The lowest BCUT2D eigenvalue weighted by molar-refractivity contribution is -0.274. The summed E-state index contributed by atoms with van der Waals surface area (Å²) in [4.78, 5) is 8.48.